The highest BCUT2D eigenvalue weighted by Crippen LogP contribution is 2.37. The maximum atomic E-state index is 13.0. The first kappa shape index (κ1) is 25.8. The van der Waals surface area contributed by atoms with E-state index in [2.05, 4.69) is 6.92 Å². The van der Waals surface area contributed by atoms with Crippen molar-refractivity contribution < 1.29 is 24.2 Å². The highest BCUT2D eigenvalue weighted by atomic mass is 32.2. The summed E-state index contributed by atoms with van der Waals surface area (Å²) >= 11 is 6.58. The van der Waals surface area contributed by atoms with E-state index in [4.69, 9.17) is 21.7 Å². The molecule has 0 aliphatic carbocycles. The molecule has 1 amide bonds. The first-order chi connectivity index (χ1) is 16.4. The Kier molecular flexibility index (Phi) is 9.53. The summed E-state index contributed by atoms with van der Waals surface area (Å²) in [6, 6.07) is 11.7. The fraction of sp³-hybridized carbons (Fsp3) is 0.346. The lowest BCUT2D eigenvalue weighted by Crippen LogP contribution is -2.27. The van der Waals surface area contributed by atoms with E-state index in [1.165, 1.54) is 54.5 Å². The summed E-state index contributed by atoms with van der Waals surface area (Å²) in [6.07, 6.45) is 8.92. The van der Waals surface area contributed by atoms with E-state index in [0.717, 1.165) is 18.4 Å². The van der Waals surface area contributed by atoms with Crippen molar-refractivity contribution in [3.63, 3.8) is 0 Å². The Morgan fingerprint density at radius 3 is 2.59 bits per heavy atom. The molecular weight excluding hydrogens is 470 g/mol. The van der Waals surface area contributed by atoms with Gasteiger partial charge in [-0.15, -0.1) is 0 Å². The lowest BCUT2D eigenvalue weighted by atomic mass is 10.1. The van der Waals surface area contributed by atoms with Crippen LogP contribution in [0, 0.1) is 0 Å². The normalized spacial score (nSPS) is 14.6. The number of hydrogen-bond acceptors (Lipinski definition) is 6. The number of unbranched alkanes of at least 4 members (excludes halogenated alkanes) is 5. The molecule has 1 heterocycles. The van der Waals surface area contributed by atoms with Crippen LogP contribution < -0.4 is 14.4 Å². The van der Waals surface area contributed by atoms with Crippen molar-refractivity contribution in [1.82, 2.24) is 0 Å². The number of amides is 1. The number of carboxylic acids is 1. The predicted molar refractivity (Wildman–Crippen MR) is 141 cm³/mol. The molecule has 6 nitrogen and oxygen atoms in total. The van der Waals surface area contributed by atoms with Crippen molar-refractivity contribution in [2.45, 2.75) is 45.4 Å². The summed E-state index contributed by atoms with van der Waals surface area (Å²) < 4.78 is 11.8. The third-order valence-corrected chi connectivity index (χ3v) is 6.69. The maximum Gasteiger partial charge on any atom is 0.335 e. The minimum atomic E-state index is -1.06. The van der Waals surface area contributed by atoms with Gasteiger partial charge in [0, 0.05) is 0 Å². The highest BCUT2D eigenvalue weighted by molar-refractivity contribution is 8.27. The lowest BCUT2D eigenvalue weighted by Gasteiger charge is -2.14. The van der Waals surface area contributed by atoms with E-state index in [1.807, 2.05) is 18.2 Å². The second-order valence-electron chi connectivity index (χ2n) is 7.90. The molecular formula is C26H29NO5S2. The number of methoxy groups -OCH3 is 1. The Morgan fingerprint density at radius 2 is 1.85 bits per heavy atom. The maximum absolute atomic E-state index is 13.0. The first-order valence-electron chi connectivity index (χ1n) is 11.4. The molecule has 0 spiro atoms. The molecule has 1 saturated heterocycles. The zero-order valence-corrected chi connectivity index (χ0v) is 21.0. The number of rotatable bonds is 12. The Hall–Kier alpha value is -2.84. The number of carbonyl (C=O) groups is 2. The van der Waals surface area contributed by atoms with E-state index in [-0.39, 0.29) is 11.5 Å². The van der Waals surface area contributed by atoms with Crippen LogP contribution in [-0.4, -0.2) is 35.0 Å². The zero-order chi connectivity index (χ0) is 24.5. The van der Waals surface area contributed by atoms with Crippen molar-refractivity contribution in [2.75, 3.05) is 18.6 Å². The number of thioether (sulfide) groups is 1. The van der Waals surface area contributed by atoms with Gasteiger partial charge in [-0.25, -0.2) is 4.79 Å². The number of aromatic carboxylic acids is 1. The van der Waals surface area contributed by atoms with Gasteiger partial charge in [0.15, 0.2) is 15.8 Å². The number of ether oxygens (including phenoxy) is 2. The molecule has 0 atom stereocenters. The van der Waals surface area contributed by atoms with E-state index >= 15 is 0 Å². The standard InChI is InChI=1S/C26H29NO5S2/c1-3-4-5-6-7-8-14-32-21-13-12-18(15-22(21)31-2)16-23-24(28)27(26(33)34-23)20-11-9-10-19(17-20)25(29)30/h9-13,15-17H,3-8,14H2,1-2H3,(H,29,30)/b23-16-. The van der Waals surface area contributed by atoms with Crippen LogP contribution in [0.1, 0.15) is 61.4 Å². The SMILES string of the molecule is CCCCCCCCOc1ccc(/C=C2\SC(=S)N(c3cccc(C(=O)O)c3)C2=O)cc1OC. The van der Waals surface area contributed by atoms with Gasteiger partial charge in [0.2, 0.25) is 0 Å². The molecule has 1 aliphatic rings. The van der Waals surface area contributed by atoms with Crippen molar-refractivity contribution in [3.05, 3.63) is 58.5 Å². The molecule has 2 aromatic rings. The highest BCUT2D eigenvalue weighted by Gasteiger charge is 2.33. The Labute approximate surface area is 209 Å². The Balaban J connectivity index is 1.68. The average Bonchev–Trinajstić information content (AvgIpc) is 3.11. The third kappa shape index (κ3) is 6.61. The molecule has 0 bridgehead atoms. The van der Waals surface area contributed by atoms with Crippen LogP contribution in [0.15, 0.2) is 47.4 Å². The Bertz CT molecular complexity index is 1080. The minimum Gasteiger partial charge on any atom is -0.493 e. The monoisotopic (exact) mass is 499 g/mol. The number of hydrogen-bond donors (Lipinski definition) is 1. The van der Waals surface area contributed by atoms with Gasteiger partial charge in [0.1, 0.15) is 0 Å². The molecule has 3 rings (SSSR count). The summed E-state index contributed by atoms with van der Waals surface area (Å²) in [4.78, 5) is 26.1. The Morgan fingerprint density at radius 1 is 1.09 bits per heavy atom. The van der Waals surface area contributed by atoms with Crippen LogP contribution in [0.25, 0.3) is 6.08 Å². The second-order valence-corrected chi connectivity index (χ2v) is 9.57. The fourth-order valence-electron chi connectivity index (χ4n) is 3.58. The fourth-order valence-corrected chi connectivity index (χ4v) is 4.88. The van der Waals surface area contributed by atoms with E-state index in [1.54, 1.807) is 25.3 Å². The first-order valence-corrected chi connectivity index (χ1v) is 12.6. The lowest BCUT2D eigenvalue weighted by molar-refractivity contribution is -0.113. The smallest absolute Gasteiger partial charge is 0.335 e. The van der Waals surface area contributed by atoms with Gasteiger partial charge in [0.25, 0.3) is 5.91 Å². The van der Waals surface area contributed by atoms with Crippen LogP contribution in [0.2, 0.25) is 0 Å². The van der Waals surface area contributed by atoms with Gasteiger partial charge in [-0.3, -0.25) is 9.69 Å². The number of anilines is 1. The molecule has 2 aromatic carbocycles. The molecule has 0 saturated carbocycles. The van der Waals surface area contributed by atoms with Crippen molar-refractivity contribution >= 4 is 51.9 Å². The summed E-state index contributed by atoms with van der Waals surface area (Å²) in [5, 5.41) is 9.24. The van der Waals surface area contributed by atoms with Crippen LogP contribution in [-0.2, 0) is 4.79 Å². The summed E-state index contributed by atoms with van der Waals surface area (Å²) in [5.41, 5.74) is 1.31. The van der Waals surface area contributed by atoms with Gasteiger partial charge in [-0.1, -0.05) is 75.1 Å². The molecule has 0 unspecified atom stereocenters. The summed E-state index contributed by atoms with van der Waals surface area (Å²) in [6.45, 7) is 2.84. The van der Waals surface area contributed by atoms with Crippen molar-refractivity contribution in [1.29, 1.82) is 0 Å². The molecule has 34 heavy (non-hydrogen) atoms. The largest absolute Gasteiger partial charge is 0.493 e. The van der Waals surface area contributed by atoms with Gasteiger partial charge >= 0.3 is 5.97 Å². The predicted octanol–water partition coefficient (Wildman–Crippen LogP) is 6.54. The summed E-state index contributed by atoms with van der Waals surface area (Å²) in [7, 11) is 1.59. The number of carboxylic acid groups (broad SMARTS) is 1. The number of benzene rings is 2. The second kappa shape index (κ2) is 12.6. The van der Waals surface area contributed by atoms with Crippen molar-refractivity contribution in [2.24, 2.45) is 0 Å². The van der Waals surface area contributed by atoms with Crippen LogP contribution in [0.5, 0.6) is 11.5 Å². The molecule has 8 heteroatoms. The molecule has 180 valence electrons. The third-order valence-electron chi connectivity index (χ3n) is 5.39. The van der Waals surface area contributed by atoms with Crippen molar-refractivity contribution in [3.8, 4) is 11.5 Å². The van der Waals surface area contributed by atoms with E-state index in [0.29, 0.717) is 33.0 Å². The van der Waals surface area contributed by atoms with Crippen LogP contribution >= 0.6 is 24.0 Å². The van der Waals surface area contributed by atoms with Gasteiger partial charge in [-0.05, 0) is 48.4 Å². The van der Waals surface area contributed by atoms with Crippen LogP contribution in [0.4, 0.5) is 5.69 Å². The molecule has 1 fully saturated rings. The molecule has 1 aliphatic heterocycles. The quantitative estimate of drug-likeness (QED) is 0.202. The van der Waals surface area contributed by atoms with E-state index < -0.39 is 5.97 Å². The van der Waals surface area contributed by atoms with Crippen LogP contribution in [0.3, 0.4) is 0 Å². The molecule has 0 aromatic heterocycles. The number of thiocarbonyl (C=S) groups is 1. The molecule has 0 radical (unpaired) electrons. The zero-order valence-electron chi connectivity index (χ0n) is 19.4. The van der Waals surface area contributed by atoms with E-state index in [9.17, 15) is 14.7 Å². The number of nitrogens with zero attached hydrogens (tertiary/aromatic N) is 1. The van der Waals surface area contributed by atoms with Gasteiger partial charge in [-0.2, -0.15) is 0 Å². The van der Waals surface area contributed by atoms with Gasteiger partial charge < -0.3 is 14.6 Å². The minimum absolute atomic E-state index is 0.0943. The molecule has 1 N–H and O–H groups in total. The topological polar surface area (TPSA) is 76.1 Å². The van der Waals surface area contributed by atoms with Gasteiger partial charge in [0.05, 0.1) is 29.9 Å². The summed E-state index contributed by atoms with van der Waals surface area (Å²) in [5.74, 6) is -0.0794. The average molecular weight is 500 g/mol. The number of carbonyl (C=O) groups excluding carboxylic acids is 1.